The van der Waals surface area contributed by atoms with E-state index in [-0.39, 0.29) is 5.57 Å². The molecule has 32 heavy (non-hydrogen) atoms. The van der Waals surface area contributed by atoms with Gasteiger partial charge in [0, 0.05) is 17.3 Å². The molecule has 162 valence electrons. The number of ether oxygens (including phenoxy) is 3. The first-order valence-corrected chi connectivity index (χ1v) is 10.1. The normalized spacial score (nSPS) is 10.7. The van der Waals surface area contributed by atoms with Crippen LogP contribution in [-0.4, -0.2) is 19.6 Å². The minimum atomic E-state index is -0.510. The fraction of sp³-hybridized carbons (Fsp3) is 0.154. The van der Waals surface area contributed by atoms with Gasteiger partial charge < -0.3 is 19.5 Å². The maximum Gasteiger partial charge on any atom is 0.266 e. The average Bonchev–Trinajstić information content (AvgIpc) is 2.83. The highest BCUT2D eigenvalue weighted by molar-refractivity contribution is 6.09. The number of nitrogens with zero attached hydrogens (tertiary/aromatic N) is 1. The molecule has 0 aliphatic heterocycles. The highest BCUT2D eigenvalue weighted by Gasteiger charge is 2.12. The predicted octanol–water partition coefficient (Wildman–Crippen LogP) is 5.22. The minimum Gasteiger partial charge on any atom is -0.497 e. The monoisotopic (exact) mass is 428 g/mol. The van der Waals surface area contributed by atoms with Gasteiger partial charge in [0.25, 0.3) is 5.91 Å². The van der Waals surface area contributed by atoms with E-state index >= 15 is 0 Å². The van der Waals surface area contributed by atoms with E-state index in [1.165, 1.54) is 6.08 Å². The van der Waals surface area contributed by atoms with Gasteiger partial charge in [-0.05, 0) is 55.0 Å². The van der Waals surface area contributed by atoms with Crippen LogP contribution in [-0.2, 0) is 11.4 Å². The Kier molecular flexibility index (Phi) is 7.88. The molecule has 1 N–H and O–H groups in total. The van der Waals surface area contributed by atoms with Crippen molar-refractivity contribution in [2.45, 2.75) is 13.5 Å². The van der Waals surface area contributed by atoms with Crippen LogP contribution in [0.15, 0.2) is 78.4 Å². The van der Waals surface area contributed by atoms with E-state index < -0.39 is 5.91 Å². The van der Waals surface area contributed by atoms with E-state index in [1.54, 1.807) is 49.6 Å². The van der Waals surface area contributed by atoms with E-state index in [0.717, 1.165) is 5.56 Å². The zero-order valence-corrected chi connectivity index (χ0v) is 18.0. The molecular weight excluding hydrogens is 404 g/mol. The summed E-state index contributed by atoms with van der Waals surface area (Å²) in [5.41, 5.74) is 2.20. The standard InChI is InChI=1S/C26H24N2O4/c1-3-31-25-16-24(30-2)12-9-20(25)15-21(17-27)26(29)28-22-10-13-23(14-11-22)32-18-19-7-5-4-6-8-19/h4-16H,3,18H2,1-2H3,(H,28,29)/b21-15+. The number of anilines is 1. The number of hydrogen-bond donors (Lipinski definition) is 1. The van der Waals surface area contributed by atoms with Crippen molar-refractivity contribution in [3.05, 3.63) is 89.5 Å². The predicted molar refractivity (Wildman–Crippen MR) is 124 cm³/mol. The second kappa shape index (κ2) is 11.2. The third kappa shape index (κ3) is 6.13. The number of rotatable bonds is 9. The van der Waals surface area contributed by atoms with Gasteiger partial charge in [-0.1, -0.05) is 30.3 Å². The van der Waals surface area contributed by atoms with E-state index in [9.17, 15) is 10.1 Å². The summed E-state index contributed by atoms with van der Waals surface area (Å²) < 4.78 is 16.6. The Labute approximate surface area is 187 Å². The molecule has 0 atom stereocenters. The number of carbonyl (C=O) groups excluding carboxylic acids is 1. The van der Waals surface area contributed by atoms with Crippen molar-refractivity contribution in [2.24, 2.45) is 0 Å². The van der Waals surface area contributed by atoms with Crippen molar-refractivity contribution >= 4 is 17.7 Å². The zero-order valence-electron chi connectivity index (χ0n) is 18.0. The lowest BCUT2D eigenvalue weighted by Gasteiger charge is -2.10. The summed E-state index contributed by atoms with van der Waals surface area (Å²) in [4.78, 5) is 12.6. The van der Waals surface area contributed by atoms with E-state index in [0.29, 0.717) is 41.7 Å². The van der Waals surface area contributed by atoms with Gasteiger partial charge >= 0.3 is 0 Å². The molecule has 3 rings (SSSR count). The second-order valence-electron chi connectivity index (χ2n) is 6.76. The van der Waals surface area contributed by atoms with Gasteiger partial charge in [-0.25, -0.2) is 0 Å². The molecule has 0 aromatic heterocycles. The Morgan fingerprint density at radius 3 is 2.38 bits per heavy atom. The first kappa shape index (κ1) is 22.4. The maximum absolute atomic E-state index is 12.6. The molecule has 0 bridgehead atoms. The third-order valence-corrected chi connectivity index (χ3v) is 4.55. The lowest BCUT2D eigenvalue weighted by atomic mass is 10.1. The van der Waals surface area contributed by atoms with Crippen LogP contribution in [0.1, 0.15) is 18.1 Å². The maximum atomic E-state index is 12.6. The Balaban J connectivity index is 1.68. The van der Waals surface area contributed by atoms with Crippen molar-refractivity contribution < 1.29 is 19.0 Å². The Morgan fingerprint density at radius 1 is 1.00 bits per heavy atom. The van der Waals surface area contributed by atoms with Crippen LogP contribution in [0.3, 0.4) is 0 Å². The molecule has 0 saturated carbocycles. The number of benzene rings is 3. The highest BCUT2D eigenvalue weighted by Crippen LogP contribution is 2.27. The van der Waals surface area contributed by atoms with Gasteiger partial charge in [0.05, 0.1) is 13.7 Å². The smallest absolute Gasteiger partial charge is 0.266 e. The molecule has 6 heteroatoms. The van der Waals surface area contributed by atoms with Crippen LogP contribution in [0.2, 0.25) is 0 Å². The average molecular weight is 428 g/mol. The van der Waals surface area contributed by atoms with Gasteiger partial charge in [0.2, 0.25) is 0 Å². The van der Waals surface area contributed by atoms with E-state index in [1.807, 2.05) is 43.3 Å². The molecule has 6 nitrogen and oxygen atoms in total. The molecule has 1 amide bonds. The summed E-state index contributed by atoms with van der Waals surface area (Å²) in [6.45, 7) is 2.76. The van der Waals surface area contributed by atoms with Crippen molar-refractivity contribution in [3.8, 4) is 23.3 Å². The summed E-state index contributed by atoms with van der Waals surface area (Å²) in [5, 5.41) is 12.3. The Bertz CT molecular complexity index is 1120. The molecule has 3 aromatic rings. The zero-order chi connectivity index (χ0) is 22.8. The molecule has 0 aliphatic carbocycles. The second-order valence-corrected chi connectivity index (χ2v) is 6.76. The van der Waals surface area contributed by atoms with Crippen LogP contribution >= 0.6 is 0 Å². The van der Waals surface area contributed by atoms with Crippen molar-refractivity contribution in [2.75, 3.05) is 19.0 Å². The molecule has 0 fully saturated rings. The minimum absolute atomic E-state index is 0.0412. The van der Waals surface area contributed by atoms with Gasteiger partial charge in [-0.2, -0.15) is 5.26 Å². The number of methoxy groups -OCH3 is 1. The van der Waals surface area contributed by atoms with Crippen molar-refractivity contribution in [1.82, 2.24) is 0 Å². The quantitative estimate of drug-likeness (QED) is 0.373. The first-order chi connectivity index (χ1) is 15.6. The molecule has 0 unspecified atom stereocenters. The van der Waals surface area contributed by atoms with Crippen LogP contribution in [0.25, 0.3) is 6.08 Å². The summed E-state index contributed by atoms with van der Waals surface area (Å²) in [6, 6.07) is 24.0. The largest absolute Gasteiger partial charge is 0.497 e. The van der Waals surface area contributed by atoms with Crippen molar-refractivity contribution in [1.29, 1.82) is 5.26 Å². The van der Waals surface area contributed by atoms with Gasteiger partial charge in [0.15, 0.2) is 0 Å². The first-order valence-electron chi connectivity index (χ1n) is 10.1. The third-order valence-electron chi connectivity index (χ3n) is 4.55. The van der Waals surface area contributed by atoms with Crippen molar-refractivity contribution in [3.63, 3.8) is 0 Å². The summed E-state index contributed by atoms with van der Waals surface area (Å²) in [5.74, 6) is 1.33. The lowest BCUT2D eigenvalue weighted by molar-refractivity contribution is -0.112. The van der Waals surface area contributed by atoms with Gasteiger partial charge in [0.1, 0.15) is 35.5 Å². The van der Waals surface area contributed by atoms with E-state index in [4.69, 9.17) is 14.2 Å². The summed E-state index contributed by atoms with van der Waals surface area (Å²) in [7, 11) is 1.56. The van der Waals surface area contributed by atoms with Crippen LogP contribution in [0.5, 0.6) is 17.2 Å². The molecular formula is C26H24N2O4. The van der Waals surface area contributed by atoms with Gasteiger partial charge in [-0.3, -0.25) is 4.79 Å². The lowest BCUT2D eigenvalue weighted by Crippen LogP contribution is -2.13. The van der Waals surface area contributed by atoms with Crippen LogP contribution in [0, 0.1) is 11.3 Å². The molecule has 0 saturated heterocycles. The number of hydrogen-bond acceptors (Lipinski definition) is 5. The Hall–Kier alpha value is -4.24. The van der Waals surface area contributed by atoms with Crippen LogP contribution in [0.4, 0.5) is 5.69 Å². The molecule has 0 heterocycles. The molecule has 0 aliphatic rings. The van der Waals surface area contributed by atoms with E-state index in [2.05, 4.69) is 5.32 Å². The fourth-order valence-corrected chi connectivity index (χ4v) is 2.92. The molecule has 0 radical (unpaired) electrons. The van der Waals surface area contributed by atoms with Gasteiger partial charge in [-0.15, -0.1) is 0 Å². The summed E-state index contributed by atoms with van der Waals surface area (Å²) in [6.07, 6.45) is 1.50. The van der Waals surface area contributed by atoms with Crippen LogP contribution < -0.4 is 19.5 Å². The SMILES string of the molecule is CCOc1cc(OC)ccc1/C=C(\C#N)C(=O)Nc1ccc(OCc2ccccc2)cc1. The number of carbonyl (C=O) groups is 1. The molecule has 3 aromatic carbocycles. The topological polar surface area (TPSA) is 80.6 Å². The Morgan fingerprint density at radius 2 is 1.72 bits per heavy atom. The highest BCUT2D eigenvalue weighted by atomic mass is 16.5. The summed E-state index contributed by atoms with van der Waals surface area (Å²) >= 11 is 0. The number of nitriles is 1. The number of nitrogens with one attached hydrogen (secondary N) is 1. The number of amides is 1. The fourth-order valence-electron chi connectivity index (χ4n) is 2.92. The molecule has 0 spiro atoms.